The second kappa shape index (κ2) is 7.78. The van der Waals surface area contributed by atoms with Crippen LogP contribution in [0.15, 0.2) is 0 Å². The van der Waals surface area contributed by atoms with E-state index in [9.17, 15) is 14.4 Å². The average molecular weight is 216 g/mol. The van der Waals surface area contributed by atoms with Crippen LogP contribution in [0.25, 0.3) is 0 Å². The van der Waals surface area contributed by atoms with Gasteiger partial charge in [-0.1, -0.05) is 0 Å². The molecular weight excluding hydrogens is 200 g/mol. The van der Waals surface area contributed by atoms with Gasteiger partial charge in [0.25, 0.3) is 0 Å². The first-order valence-electron chi connectivity index (χ1n) is 4.73. The van der Waals surface area contributed by atoms with E-state index in [2.05, 4.69) is 15.4 Å². The van der Waals surface area contributed by atoms with Crippen LogP contribution in [0.5, 0.6) is 0 Å². The first-order chi connectivity index (χ1) is 7.06. The zero-order valence-electron chi connectivity index (χ0n) is 8.96. The maximum absolute atomic E-state index is 11.0. The lowest BCUT2D eigenvalue weighted by molar-refractivity contribution is -0.146. The van der Waals surface area contributed by atoms with Gasteiger partial charge in [0.2, 0.25) is 11.8 Å². The number of ether oxygens (including phenoxy) is 1. The Labute approximate surface area is 88.4 Å². The molecular formula is C9H16N2O4. The molecule has 0 aliphatic rings. The highest BCUT2D eigenvalue weighted by atomic mass is 16.5. The van der Waals surface area contributed by atoms with Gasteiger partial charge in [0, 0.05) is 20.0 Å². The summed E-state index contributed by atoms with van der Waals surface area (Å²) in [6.07, 6.45) is -0.284. The molecule has 15 heavy (non-hydrogen) atoms. The van der Waals surface area contributed by atoms with Crippen molar-refractivity contribution in [2.45, 2.75) is 20.3 Å². The van der Waals surface area contributed by atoms with Crippen molar-refractivity contribution in [3.05, 3.63) is 0 Å². The van der Waals surface area contributed by atoms with E-state index in [1.807, 2.05) is 0 Å². The molecule has 0 fully saturated rings. The molecule has 0 saturated carbocycles. The molecule has 0 unspecified atom stereocenters. The van der Waals surface area contributed by atoms with Crippen molar-refractivity contribution in [1.82, 2.24) is 10.6 Å². The fourth-order valence-electron chi connectivity index (χ4n) is 0.846. The minimum Gasteiger partial charge on any atom is -0.466 e. The van der Waals surface area contributed by atoms with Crippen LogP contribution < -0.4 is 10.6 Å². The third-order valence-corrected chi connectivity index (χ3v) is 1.43. The Bertz CT molecular complexity index is 240. The van der Waals surface area contributed by atoms with Gasteiger partial charge in [-0.3, -0.25) is 14.4 Å². The van der Waals surface area contributed by atoms with Crippen molar-refractivity contribution < 1.29 is 19.1 Å². The lowest BCUT2D eigenvalue weighted by Gasteiger charge is -2.05. The molecule has 0 aromatic heterocycles. The topological polar surface area (TPSA) is 84.5 Å². The lowest BCUT2D eigenvalue weighted by atomic mass is 10.4. The fourth-order valence-corrected chi connectivity index (χ4v) is 0.846. The van der Waals surface area contributed by atoms with Crippen molar-refractivity contribution in [1.29, 1.82) is 0 Å². The predicted octanol–water partition coefficient (Wildman–Crippen LogP) is -0.808. The van der Waals surface area contributed by atoms with E-state index < -0.39 is 11.9 Å². The Kier molecular flexibility index (Phi) is 6.96. The number of carbonyl (C=O) groups is 3. The van der Waals surface area contributed by atoms with Crippen LogP contribution in [0.1, 0.15) is 20.3 Å². The Morgan fingerprint density at radius 2 is 1.73 bits per heavy atom. The summed E-state index contributed by atoms with van der Waals surface area (Å²) in [6.45, 7) is 3.98. The summed E-state index contributed by atoms with van der Waals surface area (Å²) in [4.78, 5) is 32.3. The molecule has 0 aliphatic heterocycles. The molecule has 86 valence electrons. The van der Waals surface area contributed by atoms with Crippen molar-refractivity contribution in [3.8, 4) is 0 Å². The van der Waals surface area contributed by atoms with Gasteiger partial charge in [-0.2, -0.15) is 0 Å². The molecule has 0 bridgehead atoms. The van der Waals surface area contributed by atoms with Crippen LogP contribution in [0.4, 0.5) is 0 Å². The van der Waals surface area contributed by atoms with E-state index in [-0.39, 0.29) is 18.9 Å². The lowest BCUT2D eigenvalue weighted by Crippen LogP contribution is -2.34. The molecule has 0 radical (unpaired) electrons. The zero-order valence-corrected chi connectivity index (χ0v) is 8.96. The molecule has 0 spiro atoms. The van der Waals surface area contributed by atoms with Crippen LogP contribution in [0, 0.1) is 0 Å². The van der Waals surface area contributed by atoms with Gasteiger partial charge >= 0.3 is 5.97 Å². The number of amides is 2. The van der Waals surface area contributed by atoms with Gasteiger partial charge in [0.1, 0.15) is 6.42 Å². The van der Waals surface area contributed by atoms with Gasteiger partial charge in [0.15, 0.2) is 0 Å². The number of rotatable bonds is 6. The first-order valence-corrected chi connectivity index (χ1v) is 4.73. The standard InChI is InChI=1S/C9H16N2O4/c1-3-15-9(14)6-8(13)11-5-4-10-7(2)12/h3-6H2,1-2H3,(H,10,12)(H,11,13). The van der Waals surface area contributed by atoms with Crippen molar-refractivity contribution in [2.75, 3.05) is 19.7 Å². The molecule has 0 aliphatic carbocycles. The molecule has 0 saturated heterocycles. The van der Waals surface area contributed by atoms with Gasteiger partial charge in [0.05, 0.1) is 6.61 Å². The minimum absolute atomic E-state index is 0.158. The molecule has 0 heterocycles. The van der Waals surface area contributed by atoms with Crippen LogP contribution >= 0.6 is 0 Å². The Morgan fingerprint density at radius 1 is 1.13 bits per heavy atom. The third kappa shape index (κ3) is 8.73. The maximum atomic E-state index is 11.0. The minimum atomic E-state index is -0.547. The van der Waals surface area contributed by atoms with Gasteiger partial charge in [-0.15, -0.1) is 0 Å². The fraction of sp³-hybridized carbons (Fsp3) is 0.667. The quantitative estimate of drug-likeness (QED) is 0.345. The van der Waals surface area contributed by atoms with E-state index in [0.29, 0.717) is 13.1 Å². The van der Waals surface area contributed by atoms with Crippen LogP contribution in [0.3, 0.4) is 0 Å². The summed E-state index contributed by atoms with van der Waals surface area (Å²) in [5, 5.41) is 4.98. The maximum Gasteiger partial charge on any atom is 0.315 e. The summed E-state index contributed by atoms with van der Waals surface area (Å²) >= 11 is 0. The molecule has 0 atom stereocenters. The second-order valence-corrected chi connectivity index (χ2v) is 2.81. The first kappa shape index (κ1) is 13.4. The third-order valence-electron chi connectivity index (χ3n) is 1.43. The molecule has 0 aromatic carbocycles. The number of esters is 1. The van der Waals surface area contributed by atoms with E-state index in [1.54, 1.807) is 6.92 Å². The summed E-state index contributed by atoms with van der Waals surface area (Å²) in [5.74, 6) is -1.11. The van der Waals surface area contributed by atoms with Crippen LogP contribution in [-0.2, 0) is 19.1 Å². The molecule has 6 nitrogen and oxygen atoms in total. The summed E-state index contributed by atoms with van der Waals surface area (Å²) in [6, 6.07) is 0. The van der Waals surface area contributed by atoms with Gasteiger partial charge in [-0.05, 0) is 6.92 Å². The number of hydrogen-bond acceptors (Lipinski definition) is 4. The van der Waals surface area contributed by atoms with E-state index in [0.717, 1.165) is 0 Å². The number of nitrogens with one attached hydrogen (secondary N) is 2. The van der Waals surface area contributed by atoms with Crippen LogP contribution in [-0.4, -0.2) is 37.5 Å². The monoisotopic (exact) mass is 216 g/mol. The van der Waals surface area contributed by atoms with Crippen molar-refractivity contribution in [3.63, 3.8) is 0 Å². The van der Waals surface area contributed by atoms with E-state index in [1.165, 1.54) is 6.92 Å². The summed E-state index contributed by atoms with van der Waals surface area (Å²) < 4.78 is 4.59. The SMILES string of the molecule is CCOC(=O)CC(=O)NCCNC(C)=O. The molecule has 0 rings (SSSR count). The summed E-state index contributed by atoms with van der Waals surface area (Å²) in [7, 11) is 0. The summed E-state index contributed by atoms with van der Waals surface area (Å²) in [5.41, 5.74) is 0. The second-order valence-electron chi connectivity index (χ2n) is 2.81. The zero-order chi connectivity index (χ0) is 11.7. The van der Waals surface area contributed by atoms with Crippen molar-refractivity contribution >= 4 is 17.8 Å². The molecule has 2 N–H and O–H groups in total. The van der Waals surface area contributed by atoms with E-state index >= 15 is 0 Å². The smallest absolute Gasteiger partial charge is 0.315 e. The van der Waals surface area contributed by atoms with Crippen molar-refractivity contribution in [2.24, 2.45) is 0 Å². The molecule has 6 heteroatoms. The average Bonchev–Trinajstić information content (AvgIpc) is 2.12. The predicted molar refractivity (Wildman–Crippen MR) is 52.9 cm³/mol. The Hall–Kier alpha value is -1.59. The molecule has 0 aromatic rings. The van der Waals surface area contributed by atoms with E-state index in [4.69, 9.17) is 0 Å². The Morgan fingerprint density at radius 3 is 2.27 bits per heavy atom. The molecule has 2 amide bonds. The largest absolute Gasteiger partial charge is 0.466 e. The van der Waals surface area contributed by atoms with Crippen LogP contribution in [0.2, 0.25) is 0 Å². The highest BCUT2D eigenvalue weighted by molar-refractivity contribution is 5.94. The highest BCUT2D eigenvalue weighted by Crippen LogP contribution is 1.85. The van der Waals surface area contributed by atoms with Gasteiger partial charge < -0.3 is 15.4 Å². The Balaban J connectivity index is 3.49. The number of carbonyl (C=O) groups excluding carboxylic acids is 3. The number of hydrogen-bond donors (Lipinski definition) is 2. The normalized spacial score (nSPS) is 9.20. The van der Waals surface area contributed by atoms with Gasteiger partial charge in [-0.25, -0.2) is 0 Å². The highest BCUT2D eigenvalue weighted by Gasteiger charge is 2.08.